The monoisotopic (exact) mass is 699 g/mol. The second-order valence-electron chi connectivity index (χ2n) is 8.87. The van der Waals surface area contributed by atoms with E-state index in [1.54, 1.807) is 25.3 Å². The lowest BCUT2D eigenvalue weighted by atomic mass is 10.1. The van der Waals surface area contributed by atoms with Gasteiger partial charge in [-0.15, -0.1) is 0 Å². The Labute approximate surface area is 260 Å². The Bertz CT molecular complexity index is 1780. The normalized spacial score (nSPS) is 11.4. The van der Waals surface area contributed by atoms with Gasteiger partial charge in [0.15, 0.2) is 17.3 Å². The summed E-state index contributed by atoms with van der Waals surface area (Å²) in [5.74, 6) is 1.72. The number of imidazole rings is 1. The van der Waals surface area contributed by atoms with Crippen molar-refractivity contribution in [1.29, 1.82) is 5.26 Å². The molecule has 1 heterocycles. The third kappa shape index (κ3) is 6.24. The van der Waals surface area contributed by atoms with Gasteiger partial charge in [-0.25, -0.2) is 4.98 Å². The molecular weight excluding hydrogens is 680 g/mol. The van der Waals surface area contributed by atoms with Crippen molar-refractivity contribution in [3.63, 3.8) is 0 Å². The quantitative estimate of drug-likeness (QED) is 0.120. The smallest absolute Gasteiger partial charge is 0.174 e. The molecule has 5 rings (SSSR count). The summed E-state index contributed by atoms with van der Waals surface area (Å²) < 4.78 is 14.6. The highest BCUT2D eigenvalue weighted by Gasteiger charge is 2.18. The Morgan fingerprint density at radius 2 is 1.75 bits per heavy atom. The zero-order valence-electron chi connectivity index (χ0n) is 21.2. The summed E-state index contributed by atoms with van der Waals surface area (Å²) in [6, 6.07) is 26.8. The standard InChI is InChI=1S/C31H21Cl3IN3O2/c1-39-29-14-20(13-26(35)30(29)40-18-19-6-9-23(32)10-7-19)12-22(16-36)31-37-27-4-2-3-5-28(27)38(31)17-21-8-11-24(33)15-25(21)34/h2-15H,17-18H2,1H3/b22-12+. The fourth-order valence-electron chi connectivity index (χ4n) is 4.27. The fraction of sp³-hybridized carbons (Fsp3) is 0.0968. The first kappa shape index (κ1) is 28.3. The molecule has 0 amide bonds. The van der Waals surface area contributed by atoms with E-state index in [-0.39, 0.29) is 0 Å². The minimum Gasteiger partial charge on any atom is -0.493 e. The summed E-state index contributed by atoms with van der Waals surface area (Å²) in [7, 11) is 1.59. The Hall–Kier alpha value is -3.22. The Morgan fingerprint density at radius 3 is 2.48 bits per heavy atom. The van der Waals surface area contributed by atoms with Gasteiger partial charge >= 0.3 is 0 Å². The van der Waals surface area contributed by atoms with Crippen molar-refractivity contribution in [2.75, 3.05) is 7.11 Å². The number of nitrogens with zero attached hydrogens (tertiary/aromatic N) is 3. The van der Waals surface area contributed by atoms with Crippen molar-refractivity contribution in [2.24, 2.45) is 0 Å². The summed E-state index contributed by atoms with van der Waals surface area (Å²) in [5, 5.41) is 12.0. The van der Waals surface area contributed by atoms with Crippen LogP contribution in [0.1, 0.15) is 22.5 Å². The molecule has 9 heteroatoms. The van der Waals surface area contributed by atoms with Gasteiger partial charge in [-0.2, -0.15) is 5.26 Å². The van der Waals surface area contributed by atoms with Gasteiger partial charge in [-0.05, 0) is 93.9 Å². The van der Waals surface area contributed by atoms with Gasteiger partial charge in [0.05, 0.1) is 33.8 Å². The first-order valence-corrected chi connectivity index (χ1v) is 14.3. The second-order valence-corrected chi connectivity index (χ2v) is 11.3. The summed E-state index contributed by atoms with van der Waals surface area (Å²) >= 11 is 20.8. The number of halogens is 4. The van der Waals surface area contributed by atoms with E-state index in [1.165, 1.54) is 0 Å². The van der Waals surface area contributed by atoms with Gasteiger partial charge in [0.1, 0.15) is 12.7 Å². The molecule has 0 atom stereocenters. The van der Waals surface area contributed by atoms with Gasteiger partial charge in [-0.3, -0.25) is 0 Å². The second kappa shape index (κ2) is 12.5. The fourth-order valence-corrected chi connectivity index (χ4v) is 5.65. The number of benzene rings is 4. The first-order chi connectivity index (χ1) is 19.4. The Balaban J connectivity index is 1.52. The van der Waals surface area contributed by atoms with Crippen LogP contribution in [-0.2, 0) is 13.2 Å². The van der Waals surface area contributed by atoms with E-state index in [0.717, 1.165) is 31.3 Å². The van der Waals surface area contributed by atoms with E-state index < -0.39 is 0 Å². The van der Waals surface area contributed by atoms with Crippen LogP contribution in [0.5, 0.6) is 11.5 Å². The predicted octanol–water partition coefficient (Wildman–Crippen LogP) is 9.30. The molecule has 0 spiro atoms. The van der Waals surface area contributed by atoms with Crippen LogP contribution in [0.2, 0.25) is 15.1 Å². The number of aromatic nitrogens is 2. The molecule has 5 nitrogen and oxygen atoms in total. The number of nitriles is 1. The van der Waals surface area contributed by atoms with Gasteiger partial charge in [-0.1, -0.05) is 65.1 Å². The molecular formula is C31H21Cl3IN3O2. The minimum absolute atomic E-state index is 0.361. The van der Waals surface area contributed by atoms with Crippen molar-refractivity contribution in [3.05, 3.63) is 120 Å². The van der Waals surface area contributed by atoms with Crippen LogP contribution in [0.4, 0.5) is 0 Å². The molecule has 0 aliphatic rings. The maximum atomic E-state index is 10.2. The van der Waals surface area contributed by atoms with E-state index in [9.17, 15) is 5.26 Å². The highest BCUT2D eigenvalue weighted by Crippen LogP contribution is 2.36. The van der Waals surface area contributed by atoms with E-state index in [4.69, 9.17) is 49.3 Å². The number of rotatable bonds is 8. The molecule has 40 heavy (non-hydrogen) atoms. The average Bonchev–Trinajstić information content (AvgIpc) is 3.31. The maximum Gasteiger partial charge on any atom is 0.174 e. The van der Waals surface area contributed by atoms with Crippen molar-refractivity contribution >= 4 is 80.1 Å². The van der Waals surface area contributed by atoms with Crippen LogP contribution >= 0.6 is 57.4 Å². The highest BCUT2D eigenvalue weighted by atomic mass is 127. The summed E-state index contributed by atoms with van der Waals surface area (Å²) in [6.07, 6.45) is 1.80. The SMILES string of the molecule is COc1cc(/C=C(\C#N)c2nc3ccccc3n2Cc2ccc(Cl)cc2Cl)cc(I)c1OCc1ccc(Cl)cc1. The maximum absolute atomic E-state index is 10.2. The molecule has 4 aromatic carbocycles. The molecule has 0 N–H and O–H groups in total. The third-order valence-electron chi connectivity index (χ3n) is 6.22. The number of para-hydroxylation sites is 2. The van der Waals surface area contributed by atoms with Crippen LogP contribution in [-0.4, -0.2) is 16.7 Å². The molecule has 0 saturated carbocycles. The van der Waals surface area contributed by atoms with Crippen LogP contribution in [0.15, 0.2) is 78.9 Å². The Morgan fingerprint density at radius 1 is 1.00 bits per heavy atom. The van der Waals surface area contributed by atoms with Gasteiger partial charge in [0.2, 0.25) is 0 Å². The van der Waals surface area contributed by atoms with E-state index in [0.29, 0.717) is 51.1 Å². The van der Waals surface area contributed by atoms with Gasteiger partial charge in [0.25, 0.3) is 0 Å². The van der Waals surface area contributed by atoms with Crippen LogP contribution < -0.4 is 9.47 Å². The van der Waals surface area contributed by atoms with Crippen molar-refractivity contribution in [3.8, 4) is 17.6 Å². The summed E-state index contributed by atoms with van der Waals surface area (Å²) in [4.78, 5) is 4.81. The molecule has 1 aromatic heterocycles. The van der Waals surface area contributed by atoms with Gasteiger partial charge < -0.3 is 14.0 Å². The highest BCUT2D eigenvalue weighted by molar-refractivity contribution is 14.1. The molecule has 0 fully saturated rings. The lowest BCUT2D eigenvalue weighted by Crippen LogP contribution is -2.05. The van der Waals surface area contributed by atoms with Crippen molar-refractivity contribution < 1.29 is 9.47 Å². The minimum atomic E-state index is 0.361. The van der Waals surface area contributed by atoms with E-state index in [2.05, 4.69) is 28.7 Å². The number of allylic oxidation sites excluding steroid dienone is 1. The zero-order chi connectivity index (χ0) is 28.2. The van der Waals surface area contributed by atoms with E-state index in [1.807, 2.05) is 71.3 Å². The zero-order valence-corrected chi connectivity index (χ0v) is 25.6. The molecule has 0 bridgehead atoms. The number of hydrogen-bond donors (Lipinski definition) is 0. The van der Waals surface area contributed by atoms with Crippen LogP contribution in [0, 0.1) is 14.9 Å². The molecule has 0 radical (unpaired) electrons. The molecule has 0 unspecified atom stereocenters. The summed E-state index contributed by atoms with van der Waals surface area (Å²) in [6.45, 7) is 0.780. The lowest BCUT2D eigenvalue weighted by Gasteiger charge is -2.14. The van der Waals surface area contributed by atoms with Crippen LogP contribution in [0.25, 0.3) is 22.7 Å². The van der Waals surface area contributed by atoms with Crippen LogP contribution in [0.3, 0.4) is 0 Å². The molecule has 200 valence electrons. The first-order valence-electron chi connectivity index (χ1n) is 12.1. The largest absolute Gasteiger partial charge is 0.493 e. The molecule has 5 aromatic rings. The topological polar surface area (TPSA) is 60.1 Å². The lowest BCUT2D eigenvalue weighted by molar-refractivity contribution is 0.282. The molecule has 0 aliphatic heterocycles. The number of fused-ring (bicyclic) bond motifs is 1. The summed E-state index contributed by atoms with van der Waals surface area (Å²) in [5.41, 5.74) is 4.70. The average molecular weight is 701 g/mol. The number of ether oxygens (including phenoxy) is 2. The van der Waals surface area contributed by atoms with E-state index >= 15 is 0 Å². The number of methoxy groups -OCH3 is 1. The molecule has 0 aliphatic carbocycles. The van der Waals surface area contributed by atoms with Crippen molar-refractivity contribution in [1.82, 2.24) is 9.55 Å². The Kier molecular flexibility index (Phi) is 8.87. The predicted molar refractivity (Wildman–Crippen MR) is 170 cm³/mol. The van der Waals surface area contributed by atoms with Gasteiger partial charge in [0, 0.05) is 15.1 Å². The number of hydrogen-bond acceptors (Lipinski definition) is 4. The van der Waals surface area contributed by atoms with Crippen molar-refractivity contribution in [2.45, 2.75) is 13.2 Å². The molecule has 0 saturated heterocycles. The third-order valence-corrected chi connectivity index (χ3v) is 7.86.